The minimum Gasteiger partial charge on any atom is -0.476 e. The van der Waals surface area contributed by atoms with Gasteiger partial charge in [0.1, 0.15) is 6.54 Å². The van der Waals surface area contributed by atoms with Crippen molar-refractivity contribution in [3.05, 3.63) is 11.9 Å². The minimum atomic E-state index is -1.14. The van der Waals surface area contributed by atoms with Gasteiger partial charge < -0.3 is 10.0 Å². The van der Waals surface area contributed by atoms with Crippen molar-refractivity contribution in [1.29, 1.82) is 0 Å². The summed E-state index contributed by atoms with van der Waals surface area (Å²) in [5, 5.41) is 15.8. The van der Waals surface area contributed by atoms with E-state index in [9.17, 15) is 9.59 Å². The highest BCUT2D eigenvalue weighted by molar-refractivity contribution is 5.84. The molecule has 1 aliphatic heterocycles. The Balaban J connectivity index is 1.95. The van der Waals surface area contributed by atoms with Gasteiger partial charge in [0.2, 0.25) is 5.91 Å². The van der Waals surface area contributed by atoms with Crippen LogP contribution in [0, 0.1) is 5.92 Å². The summed E-state index contributed by atoms with van der Waals surface area (Å²) in [7, 11) is 0. The van der Waals surface area contributed by atoms with E-state index in [4.69, 9.17) is 5.11 Å². The van der Waals surface area contributed by atoms with Crippen molar-refractivity contribution in [2.24, 2.45) is 5.92 Å². The number of carbonyl (C=O) groups excluding carboxylic acids is 1. The molecule has 1 aromatic rings. The predicted molar refractivity (Wildman–Crippen MR) is 62.0 cm³/mol. The van der Waals surface area contributed by atoms with Crippen molar-refractivity contribution in [1.82, 2.24) is 19.9 Å². The SMILES string of the molecule is CC1CCCN(C(=O)Cn2cc(C(=O)O)nn2)C1. The molecule has 0 saturated carbocycles. The highest BCUT2D eigenvalue weighted by Crippen LogP contribution is 2.15. The normalized spacial score (nSPS) is 19.8. The molecule has 98 valence electrons. The van der Waals surface area contributed by atoms with Crippen LogP contribution in [-0.2, 0) is 11.3 Å². The lowest BCUT2D eigenvalue weighted by Gasteiger charge is -2.30. The maximum Gasteiger partial charge on any atom is 0.358 e. The number of hydrogen-bond acceptors (Lipinski definition) is 4. The summed E-state index contributed by atoms with van der Waals surface area (Å²) in [6, 6.07) is 0. The van der Waals surface area contributed by atoms with Gasteiger partial charge in [0.15, 0.2) is 5.69 Å². The zero-order valence-corrected chi connectivity index (χ0v) is 10.2. The minimum absolute atomic E-state index is 0.0385. The average Bonchev–Trinajstić information content (AvgIpc) is 2.77. The molecule has 1 amide bonds. The number of carboxylic acid groups (broad SMARTS) is 1. The van der Waals surface area contributed by atoms with E-state index in [-0.39, 0.29) is 18.1 Å². The lowest BCUT2D eigenvalue weighted by atomic mass is 10.0. The Labute approximate surface area is 104 Å². The number of hydrogen-bond donors (Lipinski definition) is 1. The highest BCUT2D eigenvalue weighted by Gasteiger charge is 2.21. The van der Waals surface area contributed by atoms with Gasteiger partial charge in [-0.25, -0.2) is 9.48 Å². The molecule has 1 aliphatic rings. The highest BCUT2D eigenvalue weighted by atomic mass is 16.4. The summed E-state index contributed by atoms with van der Waals surface area (Å²) >= 11 is 0. The van der Waals surface area contributed by atoms with Gasteiger partial charge in [0, 0.05) is 13.1 Å². The van der Waals surface area contributed by atoms with Crippen LogP contribution in [0.1, 0.15) is 30.3 Å². The van der Waals surface area contributed by atoms with Gasteiger partial charge in [0.25, 0.3) is 0 Å². The van der Waals surface area contributed by atoms with Crippen LogP contribution in [0.15, 0.2) is 6.20 Å². The second kappa shape index (κ2) is 5.16. The average molecular weight is 252 g/mol. The summed E-state index contributed by atoms with van der Waals surface area (Å²) in [5.74, 6) is -0.656. The Morgan fingerprint density at radius 3 is 2.94 bits per heavy atom. The quantitative estimate of drug-likeness (QED) is 0.832. The molecule has 1 N–H and O–H groups in total. The largest absolute Gasteiger partial charge is 0.476 e. The van der Waals surface area contributed by atoms with Crippen LogP contribution in [0.4, 0.5) is 0 Å². The van der Waals surface area contributed by atoms with Crippen molar-refractivity contribution in [2.45, 2.75) is 26.3 Å². The number of carboxylic acids is 1. The molecule has 1 unspecified atom stereocenters. The van der Waals surface area contributed by atoms with Crippen LogP contribution in [0.25, 0.3) is 0 Å². The van der Waals surface area contributed by atoms with Crippen LogP contribution in [0.2, 0.25) is 0 Å². The van der Waals surface area contributed by atoms with Gasteiger partial charge in [-0.15, -0.1) is 5.10 Å². The van der Waals surface area contributed by atoms with Gasteiger partial charge >= 0.3 is 5.97 Å². The van der Waals surface area contributed by atoms with Crippen LogP contribution in [0.3, 0.4) is 0 Å². The van der Waals surface area contributed by atoms with Gasteiger partial charge in [-0.05, 0) is 18.8 Å². The van der Waals surface area contributed by atoms with E-state index in [1.807, 2.05) is 0 Å². The molecule has 2 rings (SSSR count). The molecule has 1 fully saturated rings. The van der Waals surface area contributed by atoms with Crippen LogP contribution >= 0.6 is 0 Å². The molecule has 7 nitrogen and oxygen atoms in total. The van der Waals surface area contributed by atoms with E-state index in [1.54, 1.807) is 4.90 Å². The molecule has 1 aromatic heterocycles. The third kappa shape index (κ3) is 2.85. The summed E-state index contributed by atoms with van der Waals surface area (Å²) in [4.78, 5) is 24.4. The van der Waals surface area contributed by atoms with Crippen LogP contribution in [0.5, 0.6) is 0 Å². The molecule has 18 heavy (non-hydrogen) atoms. The summed E-state index contributed by atoms with van der Waals surface area (Å²) < 4.78 is 1.27. The lowest BCUT2D eigenvalue weighted by Crippen LogP contribution is -2.40. The summed E-state index contributed by atoms with van der Waals surface area (Å²) in [6.45, 7) is 3.70. The first kappa shape index (κ1) is 12.5. The molecule has 0 aromatic carbocycles. The molecular formula is C11H16N4O3. The Kier molecular flexibility index (Phi) is 3.59. The molecule has 0 aliphatic carbocycles. The summed E-state index contributed by atoms with van der Waals surface area (Å²) in [6.07, 6.45) is 3.44. The topological polar surface area (TPSA) is 88.3 Å². The maximum atomic E-state index is 12.0. The third-order valence-electron chi connectivity index (χ3n) is 3.06. The molecule has 2 heterocycles. The molecule has 0 bridgehead atoms. The fourth-order valence-electron chi connectivity index (χ4n) is 2.13. The molecule has 0 radical (unpaired) electrons. The van der Waals surface area contributed by atoms with E-state index in [0.29, 0.717) is 5.92 Å². The molecule has 1 atom stereocenters. The van der Waals surface area contributed by atoms with Crippen molar-refractivity contribution >= 4 is 11.9 Å². The maximum absolute atomic E-state index is 12.0. The smallest absolute Gasteiger partial charge is 0.358 e. The second-order valence-corrected chi connectivity index (χ2v) is 4.69. The lowest BCUT2D eigenvalue weighted by molar-refractivity contribution is -0.133. The van der Waals surface area contributed by atoms with Crippen molar-refractivity contribution in [3.8, 4) is 0 Å². The third-order valence-corrected chi connectivity index (χ3v) is 3.06. The van der Waals surface area contributed by atoms with Gasteiger partial charge in [0.05, 0.1) is 6.20 Å². The van der Waals surface area contributed by atoms with Crippen LogP contribution in [-0.4, -0.2) is 50.0 Å². The van der Waals surface area contributed by atoms with Crippen molar-refractivity contribution in [3.63, 3.8) is 0 Å². The Morgan fingerprint density at radius 2 is 2.33 bits per heavy atom. The first-order chi connectivity index (χ1) is 8.56. The number of aromatic nitrogens is 3. The van der Waals surface area contributed by atoms with Gasteiger partial charge in [-0.1, -0.05) is 12.1 Å². The first-order valence-electron chi connectivity index (χ1n) is 5.97. The van der Waals surface area contributed by atoms with E-state index < -0.39 is 5.97 Å². The number of likely N-dealkylation sites (tertiary alicyclic amines) is 1. The molecule has 7 heteroatoms. The molecule has 1 saturated heterocycles. The van der Waals surface area contributed by atoms with Crippen LogP contribution < -0.4 is 0 Å². The van der Waals surface area contributed by atoms with Gasteiger partial charge in [-0.2, -0.15) is 0 Å². The Bertz CT molecular complexity index is 457. The van der Waals surface area contributed by atoms with E-state index in [1.165, 1.54) is 10.9 Å². The first-order valence-corrected chi connectivity index (χ1v) is 5.97. The zero-order valence-electron chi connectivity index (χ0n) is 10.2. The molecular weight excluding hydrogens is 236 g/mol. The number of aromatic carboxylic acids is 1. The number of carbonyl (C=O) groups is 2. The number of rotatable bonds is 3. The number of piperidine rings is 1. The van der Waals surface area contributed by atoms with Gasteiger partial charge in [-0.3, -0.25) is 4.79 Å². The Hall–Kier alpha value is -1.92. The number of amides is 1. The Morgan fingerprint density at radius 1 is 1.56 bits per heavy atom. The van der Waals surface area contributed by atoms with E-state index in [0.717, 1.165) is 25.9 Å². The zero-order chi connectivity index (χ0) is 13.1. The standard InChI is InChI=1S/C11H16N4O3/c1-8-3-2-4-14(5-8)10(16)7-15-6-9(11(17)18)12-13-15/h6,8H,2-5,7H2,1H3,(H,17,18). The van der Waals surface area contributed by atoms with E-state index in [2.05, 4.69) is 17.2 Å². The van der Waals surface area contributed by atoms with Crippen molar-refractivity contribution < 1.29 is 14.7 Å². The number of nitrogens with zero attached hydrogens (tertiary/aromatic N) is 4. The van der Waals surface area contributed by atoms with E-state index >= 15 is 0 Å². The molecule has 0 spiro atoms. The second-order valence-electron chi connectivity index (χ2n) is 4.69. The predicted octanol–water partition coefficient (Wildman–Crippen LogP) is 0.235. The summed E-state index contributed by atoms with van der Waals surface area (Å²) in [5.41, 5.74) is -0.144. The fourth-order valence-corrected chi connectivity index (χ4v) is 2.13. The monoisotopic (exact) mass is 252 g/mol. The van der Waals surface area contributed by atoms with Crippen molar-refractivity contribution in [2.75, 3.05) is 13.1 Å². The fraction of sp³-hybridized carbons (Fsp3) is 0.636.